The summed E-state index contributed by atoms with van der Waals surface area (Å²) in [7, 11) is 0. The average Bonchev–Trinajstić information content (AvgIpc) is 2.68. The van der Waals surface area contributed by atoms with Crippen LogP contribution in [0.5, 0.6) is 0 Å². The largest absolute Gasteiger partial charge is 0.315 e. The van der Waals surface area contributed by atoms with Crippen LogP contribution in [0.1, 0.15) is 46.0 Å². The highest BCUT2D eigenvalue weighted by atomic mass is 15.2. The molecule has 3 heteroatoms. The summed E-state index contributed by atoms with van der Waals surface area (Å²) in [6, 6.07) is 2.67. The van der Waals surface area contributed by atoms with Crippen molar-refractivity contribution in [3.05, 3.63) is 0 Å². The van der Waals surface area contributed by atoms with Gasteiger partial charge in [0, 0.05) is 19.6 Å². The second-order valence-electron chi connectivity index (χ2n) is 6.32. The lowest BCUT2D eigenvalue weighted by molar-refractivity contribution is 0.0768. The number of nitrogens with one attached hydrogen (secondary N) is 1. The number of hydrogen-bond acceptors (Lipinski definition) is 3. The van der Waals surface area contributed by atoms with Crippen LogP contribution in [0, 0.1) is 23.2 Å². The minimum absolute atomic E-state index is 0.155. The van der Waals surface area contributed by atoms with Gasteiger partial charge in [-0.15, -0.1) is 0 Å². The Morgan fingerprint density at radius 1 is 1.22 bits per heavy atom. The summed E-state index contributed by atoms with van der Waals surface area (Å²) in [4.78, 5) is 2.46. The van der Waals surface area contributed by atoms with Gasteiger partial charge in [-0.05, 0) is 50.5 Å². The van der Waals surface area contributed by atoms with Gasteiger partial charge < -0.3 is 5.32 Å². The van der Waals surface area contributed by atoms with Crippen LogP contribution in [0.25, 0.3) is 0 Å². The SMILES string of the molecule is CC(C)C1CCC(C#N)(N2CCCNCC2)CC1. The summed E-state index contributed by atoms with van der Waals surface area (Å²) in [5.74, 6) is 1.60. The van der Waals surface area contributed by atoms with E-state index in [0.717, 1.165) is 50.9 Å². The van der Waals surface area contributed by atoms with Gasteiger partial charge in [-0.25, -0.2) is 0 Å². The van der Waals surface area contributed by atoms with E-state index in [1.165, 1.54) is 19.3 Å². The number of nitriles is 1. The molecular formula is C15H27N3. The lowest BCUT2D eigenvalue weighted by Crippen LogP contribution is -2.51. The van der Waals surface area contributed by atoms with Crippen molar-refractivity contribution in [1.29, 1.82) is 5.26 Å². The molecule has 0 radical (unpaired) electrons. The molecule has 2 rings (SSSR count). The molecule has 1 saturated heterocycles. The van der Waals surface area contributed by atoms with Crippen LogP contribution >= 0.6 is 0 Å². The molecule has 0 spiro atoms. The van der Waals surface area contributed by atoms with E-state index in [1.54, 1.807) is 0 Å². The average molecular weight is 249 g/mol. The smallest absolute Gasteiger partial charge is 0.109 e. The third-order valence-corrected chi connectivity index (χ3v) is 4.95. The van der Waals surface area contributed by atoms with E-state index in [0.29, 0.717) is 0 Å². The zero-order valence-corrected chi connectivity index (χ0v) is 11.9. The van der Waals surface area contributed by atoms with Crippen LogP contribution < -0.4 is 5.32 Å². The fraction of sp³-hybridized carbons (Fsp3) is 0.933. The van der Waals surface area contributed by atoms with Crippen molar-refractivity contribution in [3.8, 4) is 6.07 Å². The van der Waals surface area contributed by atoms with Crippen molar-refractivity contribution in [3.63, 3.8) is 0 Å². The quantitative estimate of drug-likeness (QED) is 0.817. The Kier molecular flexibility index (Phi) is 4.64. The second-order valence-corrected chi connectivity index (χ2v) is 6.32. The minimum atomic E-state index is -0.155. The summed E-state index contributed by atoms with van der Waals surface area (Å²) >= 11 is 0. The van der Waals surface area contributed by atoms with Crippen LogP contribution in [0.3, 0.4) is 0 Å². The molecule has 0 amide bonds. The first-order valence-corrected chi connectivity index (χ1v) is 7.55. The van der Waals surface area contributed by atoms with E-state index in [2.05, 4.69) is 30.1 Å². The third kappa shape index (κ3) is 2.87. The summed E-state index contributed by atoms with van der Waals surface area (Å²) in [6.07, 6.45) is 5.79. The molecular weight excluding hydrogens is 222 g/mol. The van der Waals surface area contributed by atoms with Crippen LogP contribution in [0.2, 0.25) is 0 Å². The molecule has 1 heterocycles. The lowest BCUT2D eigenvalue weighted by Gasteiger charge is -2.43. The van der Waals surface area contributed by atoms with Gasteiger partial charge in [-0.3, -0.25) is 4.90 Å². The predicted octanol–water partition coefficient (Wildman–Crippen LogP) is 2.39. The van der Waals surface area contributed by atoms with Gasteiger partial charge >= 0.3 is 0 Å². The molecule has 102 valence electrons. The van der Waals surface area contributed by atoms with Crippen molar-refractivity contribution in [2.75, 3.05) is 26.2 Å². The van der Waals surface area contributed by atoms with E-state index in [-0.39, 0.29) is 5.54 Å². The fourth-order valence-corrected chi connectivity index (χ4v) is 3.56. The number of nitrogens with zero attached hydrogens (tertiary/aromatic N) is 2. The Labute approximate surface area is 112 Å². The molecule has 0 aromatic carbocycles. The van der Waals surface area contributed by atoms with E-state index in [4.69, 9.17) is 0 Å². The molecule has 0 unspecified atom stereocenters. The maximum Gasteiger partial charge on any atom is 0.109 e. The van der Waals surface area contributed by atoms with Gasteiger partial charge in [-0.2, -0.15) is 5.26 Å². The van der Waals surface area contributed by atoms with E-state index in [1.807, 2.05) is 0 Å². The highest BCUT2D eigenvalue weighted by Gasteiger charge is 2.41. The van der Waals surface area contributed by atoms with Gasteiger partial charge in [0.2, 0.25) is 0 Å². The minimum Gasteiger partial charge on any atom is -0.315 e. The molecule has 2 aliphatic rings. The van der Waals surface area contributed by atoms with E-state index < -0.39 is 0 Å². The monoisotopic (exact) mass is 249 g/mol. The van der Waals surface area contributed by atoms with Gasteiger partial charge in [0.25, 0.3) is 0 Å². The zero-order chi connectivity index (χ0) is 13.0. The Hall–Kier alpha value is -0.590. The second kappa shape index (κ2) is 6.04. The molecule has 1 saturated carbocycles. The van der Waals surface area contributed by atoms with Crippen LogP contribution in [0.4, 0.5) is 0 Å². The standard InChI is InChI=1S/C15H27N3/c1-13(2)14-4-6-15(12-16,7-5-14)18-10-3-8-17-9-11-18/h13-14,17H,3-11H2,1-2H3. The maximum atomic E-state index is 9.70. The molecule has 0 bridgehead atoms. The summed E-state index contributed by atoms with van der Waals surface area (Å²) in [5.41, 5.74) is -0.155. The zero-order valence-electron chi connectivity index (χ0n) is 11.9. The van der Waals surface area contributed by atoms with Crippen molar-refractivity contribution in [2.24, 2.45) is 11.8 Å². The molecule has 0 atom stereocenters. The van der Waals surface area contributed by atoms with E-state index >= 15 is 0 Å². The molecule has 1 aliphatic heterocycles. The van der Waals surface area contributed by atoms with Crippen molar-refractivity contribution in [1.82, 2.24) is 10.2 Å². The lowest BCUT2D eigenvalue weighted by atomic mass is 9.72. The van der Waals surface area contributed by atoms with Crippen molar-refractivity contribution < 1.29 is 0 Å². The molecule has 1 aliphatic carbocycles. The Balaban J connectivity index is 2.01. The van der Waals surface area contributed by atoms with Crippen LogP contribution in [0.15, 0.2) is 0 Å². The Morgan fingerprint density at radius 2 is 1.94 bits per heavy atom. The van der Waals surface area contributed by atoms with Gasteiger partial charge in [0.05, 0.1) is 6.07 Å². The highest BCUT2D eigenvalue weighted by Crippen LogP contribution is 2.39. The van der Waals surface area contributed by atoms with E-state index in [9.17, 15) is 5.26 Å². The first kappa shape index (κ1) is 13.8. The highest BCUT2D eigenvalue weighted by molar-refractivity contribution is 5.11. The molecule has 0 aromatic rings. The molecule has 18 heavy (non-hydrogen) atoms. The van der Waals surface area contributed by atoms with Gasteiger partial charge in [-0.1, -0.05) is 13.8 Å². The first-order chi connectivity index (χ1) is 8.68. The topological polar surface area (TPSA) is 39.1 Å². The Bertz CT molecular complexity index is 289. The van der Waals surface area contributed by atoms with Crippen LogP contribution in [-0.2, 0) is 0 Å². The maximum absolute atomic E-state index is 9.70. The number of hydrogen-bond donors (Lipinski definition) is 1. The summed E-state index contributed by atoms with van der Waals surface area (Å²) < 4.78 is 0. The third-order valence-electron chi connectivity index (χ3n) is 4.95. The predicted molar refractivity (Wildman–Crippen MR) is 74.2 cm³/mol. The first-order valence-electron chi connectivity index (χ1n) is 7.55. The Morgan fingerprint density at radius 3 is 2.56 bits per heavy atom. The van der Waals surface area contributed by atoms with Crippen molar-refractivity contribution in [2.45, 2.75) is 51.5 Å². The van der Waals surface area contributed by atoms with Gasteiger partial charge in [0.15, 0.2) is 0 Å². The van der Waals surface area contributed by atoms with Crippen molar-refractivity contribution >= 4 is 0 Å². The normalized spacial score (nSPS) is 35.1. The summed E-state index contributed by atoms with van der Waals surface area (Å²) in [6.45, 7) is 8.91. The molecule has 1 N–H and O–H groups in total. The summed E-state index contributed by atoms with van der Waals surface area (Å²) in [5, 5.41) is 13.1. The molecule has 3 nitrogen and oxygen atoms in total. The fourth-order valence-electron chi connectivity index (χ4n) is 3.56. The number of rotatable bonds is 2. The van der Waals surface area contributed by atoms with Gasteiger partial charge in [0.1, 0.15) is 5.54 Å². The molecule has 2 fully saturated rings. The molecule has 0 aromatic heterocycles. The van der Waals surface area contributed by atoms with Crippen LogP contribution in [-0.4, -0.2) is 36.6 Å².